The maximum atomic E-state index is 12.7. The molecule has 0 radical (unpaired) electrons. The molecule has 2 N–H and O–H groups in total. The van der Waals surface area contributed by atoms with Gasteiger partial charge in [0.1, 0.15) is 5.75 Å². The molecule has 0 unspecified atom stereocenters. The van der Waals surface area contributed by atoms with Crippen LogP contribution >= 0.6 is 0 Å². The van der Waals surface area contributed by atoms with E-state index in [0.29, 0.717) is 23.4 Å². The second kappa shape index (κ2) is 10.5. The molecule has 33 heavy (non-hydrogen) atoms. The summed E-state index contributed by atoms with van der Waals surface area (Å²) < 4.78 is 43.6. The Kier molecular flexibility index (Phi) is 7.50. The lowest BCUT2D eigenvalue weighted by Gasteiger charge is -2.13. The van der Waals surface area contributed by atoms with Crippen LogP contribution in [-0.4, -0.2) is 24.0 Å². The molecule has 0 saturated heterocycles. The Morgan fingerprint density at radius 3 is 2.33 bits per heavy atom. The van der Waals surface area contributed by atoms with E-state index in [1.165, 1.54) is 25.3 Å². The maximum absolute atomic E-state index is 12.7. The molecule has 1 heterocycles. The number of para-hydroxylation sites is 1. The number of benzene rings is 2. The molecule has 3 rings (SSSR count). The summed E-state index contributed by atoms with van der Waals surface area (Å²) in [6.07, 6.45) is -2.90. The summed E-state index contributed by atoms with van der Waals surface area (Å²) in [6.45, 7) is 1.56. The second-order valence-electron chi connectivity index (χ2n) is 6.80. The smallest absolute Gasteiger partial charge is 0.416 e. The summed E-state index contributed by atoms with van der Waals surface area (Å²) in [5, 5.41) is 3.02. The molecule has 0 aliphatic carbocycles. The van der Waals surface area contributed by atoms with Crippen molar-refractivity contribution < 1.29 is 27.5 Å². The van der Waals surface area contributed by atoms with Crippen LogP contribution in [0.2, 0.25) is 0 Å². The molecule has 0 aliphatic heterocycles. The molecule has 0 spiro atoms. The van der Waals surface area contributed by atoms with E-state index in [-0.39, 0.29) is 11.8 Å². The van der Waals surface area contributed by atoms with Crippen molar-refractivity contribution in [1.29, 1.82) is 0 Å². The third kappa shape index (κ3) is 6.70. The van der Waals surface area contributed by atoms with Crippen LogP contribution in [0.3, 0.4) is 0 Å². The summed E-state index contributed by atoms with van der Waals surface area (Å²) in [5.41, 5.74) is 3.78. The first-order chi connectivity index (χ1) is 15.8. The highest BCUT2D eigenvalue weighted by atomic mass is 19.4. The van der Waals surface area contributed by atoms with Gasteiger partial charge in [-0.1, -0.05) is 30.3 Å². The van der Waals surface area contributed by atoms with Gasteiger partial charge in [0.25, 0.3) is 0 Å². The minimum atomic E-state index is -4.39. The van der Waals surface area contributed by atoms with Crippen LogP contribution in [0.15, 0.2) is 71.9 Å². The monoisotopic (exact) mass is 458 g/mol. The zero-order valence-electron chi connectivity index (χ0n) is 17.8. The number of methoxy groups -OCH3 is 1. The van der Waals surface area contributed by atoms with E-state index in [1.54, 1.807) is 19.2 Å². The molecule has 0 saturated carbocycles. The van der Waals surface area contributed by atoms with Gasteiger partial charge in [-0.25, -0.2) is 4.98 Å². The van der Waals surface area contributed by atoms with Gasteiger partial charge in [0.2, 0.25) is 5.96 Å². The lowest BCUT2D eigenvalue weighted by molar-refractivity contribution is -0.145. The molecular weight excluding hydrogens is 437 g/mol. The van der Waals surface area contributed by atoms with Gasteiger partial charge in [0.15, 0.2) is 5.82 Å². The Bertz CT molecular complexity index is 1120. The van der Waals surface area contributed by atoms with E-state index in [2.05, 4.69) is 20.8 Å². The van der Waals surface area contributed by atoms with Gasteiger partial charge in [-0.05, 0) is 35.9 Å². The van der Waals surface area contributed by atoms with Crippen molar-refractivity contribution in [1.82, 2.24) is 15.8 Å². The number of guanidine groups is 1. The van der Waals surface area contributed by atoms with E-state index in [0.717, 1.165) is 17.7 Å². The third-order valence-electron chi connectivity index (χ3n) is 4.45. The number of rotatable bonds is 5. The van der Waals surface area contributed by atoms with E-state index >= 15 is 0 Å². The average molecular weight is 458 g/mol. The van der Waals surface area contributed by atoms with Gasteiger partial charge in [0.05, 0.1) is 12.7 Å². The van der Waals surface area contributed by atoms with Crippen LogP contribution < -0.4 is 15.5 Å². The van der Waals surface area contributed by atoms with Crippen molar-refractivity contribution in [2.24, 2.45) is 4.99 Å². The number of nitrogens with one attached hydrogen (secondary N) is 2. The maximum Gasteiger partial charge on any atom is 0.416 e. The molecule has 3 aromatic rings. The number of aliphatic imine (C=N–C) groups is 1. The molecule has 2 aromatic carbocycles. The van der Waals surface area contributed by atoms with Crippen LogP contribution in [0.4, 0.5) is 19.0 Å². The summed E-state index contributed by atoms with van der Waals surface area (Å²) in [5.74, 6) is 0.530. The first kappa shape index (κ1) is 23.6. The largest absolute Gasteiger partial charge is 0.496 e. The molecule has 10 heteroatoms. The van der Waals surface area contributed by atoms with Gasteiger partial charge in [-0.3, -0.25) is 4.79 Å². The fourth-order valence-corrected chi connectivity index (χ4v) is 2.84. The predicted octanol–water partition coefficient (Wildman–Crippen LogP) is 4.62. The summed E-state index contributed by atoms with van der Waals surface area (Å²) in [7, 11) is 1.56. The van der Waals surface area contributed by atoms with Gasteiger partial charge in [-0.15, -0.1) is 0 Å². The van der Waals surface area contributed by atoms with Crippen LogP contribution in [0.1, 0.15) is 18.1 Å². The Labute approximate surface area is 188 Å². The molecule has 172 valence electrons. The number of halogens is 3. The number of hydrogen-bond acceptors (Lipinski definition) is 5. The molecule has 1 aromatic heterocycles. The normalized spacial score (nSPS) is 11.6. The van der Waals surface area contributed by atoms with Crippen molar-refractivity contribution >= 4 is 17.7 Å². The van der Waals surface area contributed by atoms with Crippen molar-refractivity contribution in [2.75, 3.05) is 7.11 Å². The highest BCUT2D eigenvalue weighted by molar-refractivity contribution is 5.82. The number of aromatic nitrogens is 1. The van der Waals surface area contributed by atoms with Crippen molar-refractivity contribution in [3.8, 4) is 16.9 Å². The van der Waals surface area contributed by atoms with Gasteiger partial charge in [0, 0.05) is 30.8 Å². The van der Waals surface area contributed by atoms with Crippen molar-refractivity contribution in [2.45, 2.75) is 19.6 Å². The van der Waals surface area contributed by atoms with Crippen LogP contribution in [0.5, 0.6) is 5.75 Å². The molecular formula is C23H21F3N4O3. The molecule has 0 bridgehead atoms. The highest BCUT2D eigenvalue weighted by Gasteiger charge is 2.29. The van der Waals surface area contributed by atoms with Crippen molar-refractivity contribution in [3.63, 3.8) is 0 Å². The number of nitrogens with zero attached hydrogens (tertiary/aromatic N) is 2. The molecule has 0 fully saturated rings. The number of pyridine rings is 1. The van der Waals surface area contributed by atoms with Crippen LogP contribution in [0, 0.1) is 0 Å². The molecule has 0 atom stereocenters. The lowest BCUT2D eigenvalue weighted by atomic mass is 10.1. The van der Waals surface area contributed by atoms with E-state index in [1.807, 2.05) is 24.3 Å². The minimum Gasteiger partial charge on any atom is -0.496 e. The van der Waals surface area contributed by atoms with Crippen molar-refractivity contribution in [3.05, 3.63) is 78.0 Å². The van der Waals surface area contributed by atoms with E-state index in [4.69, 9.17) is 9.57 Å². The standard InChI is InChI=1S/C23H21F3N4O3/c1-15(31)33-30-22(28-14-18-5-3-4-6-20(18)32-2)29-21-12-9-17(13-27-21)16-7-10-19(11-8-16)23(24,25)26/h3-13H,14H2,1-2H3,(H2,27,28,29,30). The van der Waals surface area contributed by atoms with Crippen LogP contribution in [-0.2, 0) is 22.4 Å². The number of carbonyl (C=O) groups is 1. The Morgan fingerprint density at radius 1 is 1.03 bits per heavy atom. The van der Waals surface area contributed by atoms with Gasteiger partial charge >= 0.3 is 12.1 Å². The molecule has 0 aliphatic rings. The predicted molar refractivity (Wildman–Crippen MR) is 117 cm³/mol. The number of carbonyl (C=O) groups excluding carboxylic acids is 1. The van der Waals surface area contributed by atoms with Crippen LogP contribution in [0.25, 0.3) is 11.1 Å². The zero-order valence-corrected chi connectivity index (χ0v) is 17.8. The minimum absolute atomic E-state index is 0.130. The summed E-state index contributed by atoms with van der Waals surface area (Å²) in [6, 6.07) is 15.5. The lowest BCUT2D eigenvalue weighted by Crippen LogP contribution is -2.37. The van der Waals surface area contributed by atoms with Gasteiger partial charge < -0.3 is 14.9 Å². The number of ether oxygens (including phenoxy) is 1. The molecule has 7 nitrogen and oxygen atoms in total. The highest BCUT2D eigenvalue weighted by Crippen LogP contribution is 2.31. The number of hydroxylamine groups is 1. The quantitative estimate of drug-likeness (QED) is 0.330. The Balaban J connectivity index is 1.76. The third-order valence-corrected chi connectivity index (χ3v) is 4.45. The first-order valence-electron chi connectivity index (χ1n) is 9.78. The zero-order chi connectivity index (χ0) is 23.8. The fraction of sp³-hybridized carbons (Fsp3) is 0.174. The molecule has 0 amide bonds. The number of hydrogen-bond donors (Lipinski definition) is 2. The average Bonchev–Trinajstić information content (AvgIpc) is 2.81. The van der Waals surface area contributed by atoms with Gasteiger partial charge in [-0.2, -0.15) is 23.6 Å². The van der Waals surface area contributed by atoms with E-state index in [9.17, 15) is 18.0 Å². The second-order valence-corrected chi connectivity index (χ2v) is 6.80. The fourth-order valence-electron chi connectivity index (χ4n) is 2.84. The summed E-state index contributed by atoms with van der Waals surface area (Å²) >= 11 is 0. The SMILES string of the molecule is COc1ccccc1CNC(=Nc1ccc(-c2ccc(C(F)(F)F)cc2)cn1)NOC(C)=O. The topological polar surface area (TPSA) is 84.8 Å². The Morgan fingerprint density at radius 2 is 1.73 bits per heavy atom. The Hall–Kier alpha value is -4.08. The van der Waals surface area contributed by atoms with E-state index < -0.39 is 17.7 Å². The number of alkyl halides is 3. The first-order valence-corrected chi connectivity index (χ1v) is 9.78. The summed E-state index contributed by atoms with van der Waals surface area (Å²) in [4.78, 5) is 24.5.